The lowest BCUT2D eigenvalue weighted by molar-refractivity contribution is -0.345. The van der Waals surface area contributed by atoms with Crippen molar-refractivity contribution >= 4 is 5.78 Å². The van der Waals surface area contributed by atoms with Crippen molar-refractivity contribution in [3.63, 3.8) is 0 Å². The number of hydrogen-bond acceptors (Lipinski definition) is 5. The number of carbonyl (C=O) groups is 1. The lowest BCUT2D eigenvalue weighted by Gasteiger charge is -2.53. The van der Waals surface area contributed by atoms with Gasteiger partial charge in [-0.05, 0) is 58.9 Å². The lowest BCUT2D eigenvalue weighted by Crippen LogP contribution is -2.66. The van der Waals surface area contributed by atoms with Gasteiger partial charge in [0, 0.05) is 24.3 Å². The predicted octanol–water partition coefficient (Wildman–Crippen LogP) is 8.58. The van der Waals surface area contributed by atoms with E-state index in [-0.39, 0.29) is 23.9 Å². The number of carbonyl (C=O) groups excluding carboxylic acids is 1. The normalized spacial score (nSPS) is 24.4. The Kier molecular flexibility index (Phi) is 9.27. The van der Waals surface area contributed by atoms with Gasteiger partial charge in [-0.3, -0.25) is 4.79 Å². The Morgan fingerprint density at radius 2 is 1.50 bits per heavy atom. The first kappa shape index (κ1) is 30.3. The van der Waals surface area contributed by atoms with Gasteiger partial charge in [0.25, 0.3) is 0 Å². The molecule has 0 aliphatic carbocycles. The summed E-state index contributed by atoms with van der Waals surface area (Å²) in [5.41, 5.74) is 6.19. The molecule has 5 heteroatoms. The van der Waals surface area contributed by atoms with Gasteiger partial charge in [0.1, 0.15) is 11.9 Å². The molecule has 0 aromatic heterocycles. The number of Topliss-reactive ketones (excluding diaryl/α,β-unsaturated/α-hetero) is 1. The standard InChI is InChI=1S/C39H42O5/c1-4-34(40)32-18-12-17-30(23-32)31-19-20-36-33(24-31)21-22-39(44-36)38(42-26-29-15-10-7-11-16-29)37(27(3)35(5-2)43-39)41-25-28-13-8-6-9-14-28/h6-20,23-24,27,35,37-38H,4-5,21-22,25-26H2,1-3H3/t27-,35-,37+,38+,39-/m1/s1. The fraction of sp³-hybridized carbons (Fsp3) is 0.359. The molecule has 228 valence electrons. The monoisotopic (exact) mass is 590 g/mol. The average molecular weight is 591 g/mol. The van der Waals surface area contributed by atoms with Gasteiger partial charge in [0.15, 0.2) is 5.78 Å². The molecule has 4 aromatic rings. The highest BCUT2D eigenvalue weighted by Crippen LogP contribution is 2.46. The molecule has 44 heavy (non-hydrogen) atoms. The van der Waals surface area contributed by atoms with Gasteiger partial charge >= 0.3 is 0 Å². The van der Waals surface area contributed by atoms with Crippen molar-refractivity contribution < 1.29 is 23.7 Å². The molecule has 1 fully saturated rings. The molecule has 5 atom stereocenters. The summed E-state index contributed by atoms with van der Waals surface area (Å²) in [6.45, 7) is 7.19. The molecule has 5 nitrogen and oxygen atoms in total. The fourth-order valence-corrected chi connectivity index (χ4v) is 6.57. The molecule has 0 unspecified atom stereocenters. The fourth-order valence-electron chi connectivity index (χ4n) is 6.57. The van der Waals surface area contributed by atoms with Crippen molar-refractivity contribution in [3.8, 4) is 16.9 Å². The van der Waals surface area contributed by atoms with E-state index in [2.05, 4.69) is 56.3 Å². The summed E-state index contributed by atoms with van der Waals surface area (Å²) in [4.78, 5) is 12.3. The third-order valence-electron chi connectivity index (χ3n) is 9.07. The zero-order valence-electron chi connectivity index (χ0n) is 25.9. The minimum atomic E-state index is -0.981. The van der Waals surface area contributed by atoms with E-state index in [4.69, 9.17) is 18.9 Å². The maximum atomic E-state index is 12.3. The van der Waals surface area contributed by atoms with Gasteiger partial charge < -0.3 is 18.9 Å². The van der Waals surface area contributed by atoms with Gasteiger partial charge in [0.05, 0.1) is 25.4 Å². The van der Waals surface area contributed by atoms with Crippen molar-refractivity contribution in [1.82, 2.24) is 0 Å². The summed E-state index contributed by atoms with van der Waals surface area (Å²) in [5, 5.41) is 0. The molecule has 4 aromatic carbocycles. The third-order valence-corrected chi connectivity index (χ3v) is 9.07. The van der Waals surface area contributed by atoms with Crippen LogP contribution < -0.4 is 4.74 Å². The van der Waals surface area contributed by atoms with Crippen molar-refractivity contribution in [3.05, 3.63) is 125 Å². The number of rotatable bonds is 10. The van der Waals surface area contributed by atoms with E-state index in [0.29, 0.717) is 26.1 Å². The summed E-state index contributed by atoms with van der Waals surface area (Å²) in [6, 6.07) is 34.7. The number of ether oxygens (including phenoxy) is 4. The molecular formula is C39H42O5. The van der Waals surface area contributed by atoms with Crippen LogP contribution in [0.5, 0.6) is 5.75 Å². The van der Waals surface area contributed by atoms with E-state index < -0.39 is 11.9 Å². The second-order valence-electron chi connectivity index (χ2n) is 12.0. The highest BCUT2D eigenvalue weighted by Gasteiger charge is 2.57. The predicted molar refractivity (Wildman–Crippen MR) is 173 cm³/mol. The summed E-state index contributed by atoms with van der Waals surface area (Å²) in [7, 11) is 0. The summed E-state index contributed by atoms with van der Waals surface area (Å²) >= 11 is 0. The first-order valence-corrected chi connectivity index (χ1v) is 15.9. The van der Waals surface area contributed by atoms with E-state index >= 15 is 0 Å². The Hall–Kier alpha value is -3.77. The van der Waals surface area contributed by atoms with Crippen LogP contribution in [0.4, 0.5) is 0 Å². The number of hydrogen-bond donors (Lipinski definition) is 0. The number of benzene rings is 4. The number of aryl methyl sites for hydroxylation is 1. The van der Waals surface area contributed by atoms with Crippen molar-refractivity contribution in [2.45, 2.75) is 83.8 Å². The molecule has 0 bridgehead atoms. The molecule has 2 aliphatic heterocycles. The van der Waals surface area contributed by atoms with Crippen LogP contribution in [0.1, 0.15) is 67.1 Å². The van der Waals surface area contributed by atoms with E-state index in [9.17, 15) is 4.79 Å². The van der Waals surface area contributed by atoms with Gasteiger partial charge in [-0.15, -0.1) is 0 Å². The molecule has 1 saturated heterocycles. The highest BCUT2D eigenvalue weighted by molar-refractivity contribution is 5.97. The topological polar surface area (TPSA) is 54.0 Å². The third kappa shape index (κ3) is 6.37. The van der Waals surface area contributed by atoms with Crippen LogP contribution in [0.15, 0.2) is 103 Å². The molecule has 0 saturated carbocycles. The molecule has 2 aliphatic rings. The zero-order chi connectivity index (χ0) is 30.5. The largest absolute Gasteiger partial charge is 0.459 e. The molecule has 1 spiro atoms. The Balaban J connectivity index is 1.31. The van der Waals surface area contributed by atoms with Crippen LogP contribution in [0.3, 0.4) is 0 Å². The first-order chi connectivity index (χ1) is 21.5. The zero-order valence-corrected chi connectivity index (χ0v) is 25.9. The van der Waals surface area contributed by atoms with Crippen LogP contribution in [-0.4, -0.2) is 29.9 Å². The average Bonchev–Trinajstić information content (AvgIpc) is 3.08. The van der Waals surface area contributed by atoms with Crippen LogP contribution in [0.2, 0.25) is 0 Å². The Bertz CT molecular complexity index is 1550. The van der Waals surface area contributed by atoms with Crippen LogP contribution in [-0.2, 0) is 33.8 Å². The maximum Gasteiger partial charge on any atom is 0.240 e. The first-order valence-electron chi connectivity index (χ1n) is 15.9. The summed E-state index contributed by atoms with van der Waals surface area (Å²) < 4.78 is 27.3. The minimum Gasteiger partial charge on any atom is -0.459 e. The maximum absolute atomic E-state index is 12.3. The van der Waals surface area contributed by atoms with Gasteiger partial charge in [-0.25, -0.2) is 0 Å². The second-order valence-corrected chi connectivity index (χ2v) is 12.0. The van der Waals surface area contributed by atoms with Gasteiger partial charge in [-0.2, -0.15) is 0 Å². The highest BCUT2D eigenvalue weighted by atomic mass is 16.7. The smallest absolute Gasteiger partial charge is 0.240 e. The van der Waals surface area contributed by atoms with E-state index in [1.807, 2.05) is 67.6 Å². The molecular weight excluding hydrogens is 548 g/mol. The molecule has 0 radical (unpaired) electrons. The quantitative estimate of drug-likeness (QED) is 0.173. The van der Waals surface area contributed by atoms with Crippen molar-refractivity contribution in [2.75, 3.05) is 0 Å². The van der Waals surface area contributed by atoms with Gasteiger partial charge in [0.2, 0.25) is 5.79 Å². The second kappa shape index (κ2) is 13.5. The minimum absolute atomic E-state index is 0.0352. The van der Waals surface area contributed by atoms with E-state index in [0.717, 1.165) is 52.0 Å². The molecule has 6 rings (SSSR count). The van der Waals surface area contributed by atoms with Crippen LogP contribution in [0, 0.1) is 5.92 Å². The van der Waals surface area contributed by atoms with Crippen molar-refractivity contribution in [1.29, 1.82) is 0 Å². The van der Waals surface area contributed by atoms with Gasteiger partial charge in [-0.1, -0.05) is 106 Å². The summed E-state index contributed by atoms with van der Waals surface area (Å²) in [6.07, 6.45) is 2.06. The molecule has 0 N–H and O–H groups in total. The Labute approximate surface area is 261 Å². The Morgan fingerprint density at radius 3 is 2.18 bits per heavy atom. The van der Waals surface area contributed by atoms with Crippen LogP contribution >= 0.6 is 0 Å². The SMILES string of the molecule is CCC(=O)c1cccc(-c2ccc3c(c2)CC[C@]2(O3)O[C@H](CC)[C@@H](C)[C@H](OCc3ccccc3)[C@@H]2OCc2ccccc2)c1. The molecule has 0 amide bonds. The Morgan fingerprint density at radius 1 is 0.818 bits per heavy atom. The summed E-state index contributed by atoms with van der Waals surface area (Å²) in [5.74, 6) is 0.0846. The molecule has 2 heterocycles. The number of fused-ring (bicyclic) bond motifs is 1. The lowest BCUT2D eigenvalue weighted by atomic mass is 9.81. The number of ketones is 1. The van der Waals surface area contributed by atoms with Crippen molar-refractivity contribution in [2.24, 2.45) is 5.92 Å². The van der Waals surface area contributed by atoms with E-state index in [1.54, 1.807) is 0 Å². The van der Waals surface area contributed by atoms with Crippen LogP contribution in [0.25, 0.3) is 11.1 Å². The van der Waals surface area contributed by atoms with E-state index in [1.165, 1.54) is 0 Å².